The number of aromatic hydroxyl groups is 1. The van der Waals surface area contributed by atoms with Crippen molar-refractivity contribution in [1.29, 1.82) is 0 Å². The van der Waals surface area contributed by atoms with Crippen molar-refractivity contribution >= 4 is 23.1 Å². The van der Waals surface area contributed by atoms with Crippen LogP contribution in [-0.4, -0.2) is 46.1 Å². The molecule has 5 rings (SSSR count). The quantitative estimate of drug-likeness (QED) is 0.356. The average Bonchev–Trinajstić information content (AvgIpc) is 2.93. The Kier molecular flexibility index (Phi) is 6.74. The fourth-order valence-corrected chi connectivity index (χ4v) is 9.15. The molecule has 7 heteroatoms. The Morgan fingerprint density at radius 3 is 2.12 bits per heavy atom. The molecule has 0 aromatic heterocycles. The van der Waals surface area contributed by atoms with Crippen molar-refractivity contribution in [3.8, 4) is 22.6 Å². The molecule has 3 aliphatic carbocycles. The molecule has 222 valence electrons. The van der Waals surface area contributed by atoms with Gasteiger partial charge >= 0.3 is 0 Å². The summed E-state index contributed by atoms with van der Waals surface area (Å²) in [6, 6.07) is 10.7. The van der Waals surface area contributed by atoms with Gasteiger partial charge in [-0.2, -0.15) is 0 Å². The molecule has 1 saturated carbocycles. The maximum atomic E-state index is 14.7. The molecule has 0 amide bonds. The van der Waals surface area contributed by atoms with Gasteiger partial charge in [0.05, 0.1) is 24.2 Å². The second kappa shape index (κ2) is 9.46. The number of ether oxygens (including phenoxy) is 1. The Morgan fingerprint density at radius 1 is 1.00 bits per heavy atom. The van der Waals surface area contributed by atoms with Crippen LogP contribution in [0.4, 0.5) is 0 Å². The third-order valence-corrected chi connectivity index (χ3v) is 11.5. The molecule has 1 unspecified atom stereocenters. The number of phenolic OH excluding ortho intramolecular Hbond substituents is 1. The molecule has 7 nitrogen and oxygen atoms in total. The second-order valence-corrected chi connectivity index (χ2v) is 13.3. The highest BCUT2D eigenvalue weighted by atomic mass is 16.5. The minimum absolute atomic E-state index is 0.0354. The summed E-state index contributed by atoms with van der Waals surface area (Å²) in [6.45, 7) is 14.5. The van der Waals surface area contributed by atoms with Crippen LogP contribution in [0, 0.1) is 34.5 Å². The SMILES string of the molecule is COc1ccc(-c2ccc3c(c2O)C(=O)C2C(=O)[C@]4(O)C(=O)C(C(C)=O)=C(C)[C@@H](C(C)C)[C@]4(C)[C@@H](C)[C@]2(C)[C@H]3C)cc1. The Morgan fingerprint density at radius 2 is 1.60 bits per heavy atom. The number of rotatable bonds is 4. The first kappa shape index (κ1) is 29.9. The summed E-state index contributed by atoms with van der Waals surface area (Å²) < 4.78 is 5.24. The van der Waals surface area contributed by atoms with Gasteiger partial charge < -0.3 is 14.9 Å². The first-order valence-electron chi connectivity index (χ1n) is 14.6. The normalized spacial score (nSPS) is 34.2. The highest BCUT2D eigenvalue weighted by Gasteiger charge is 2.77. The summed E-state index contributed by atoms with van der Waals surface area (Å²) in [5.41, 5.74) is -2.69. The molecule has 7 atom stereocenters. The smallest absolute Gasteiger partial charge is 0.206 e. The van der Waals surface area contributed by atoms with E-state index in [0.29, 0.717) is 28.0 Å². The van der Waals surface area contributed by atoms with Crippen LogP contribution < -0.4 is 4.74 Å². The van der Waals surface area contributed by atoms with Gasteiger partial charge in [0, 0.05) is 11.0 Å². The third kappa shape index (κ3) is 3.37. The number of benzene rings is 2. The lowest BCUT2D eigenvalue weighted by Crippen LogP contribution is -2.77. The van der Waals surface area contributed by atoms with E-state index in [0.717, 1.165) is 0 Å². The van der Waals surface area contributed by atoms with Gasteiger partial charge in [-0.3, -0.25) is 19.2 Å². The minimum atomic E-state index is -2.58. The van der Waals surface area contributed by atoms with Crippen LogP contribution in [0.2, 0.25) is 0 Å². The van der Waals surface area contributed by atoms with Gasteiger partial charge in [-0.25, -0.2) is 0 Å². The molecule has 0 radical (unpaired) electrons. The van der Waals surface area contributed by atoms with Crippen LogP contribution in [0.3, 0.4) is 0 Å². The fourth-order valence-electron chi connectivity index (χ4n) is 9.15. The lowest BCUT2D eigenvalue weighted by atomic mass is 9.35. The van der Waals surface area contributed by atoms with Gasteiger partial charge in [0.1, 0.15) is 11.5 Å². The number of fused-ring (bicyclic) bond motifs is 3. The number of phenols is 1. The van der Waals surface area contributed by atoms with Crippen molar-refractivity contribution in [2.75, 3.05) is 7.11 Å². The molecule has 42 heavy (non-hydrogen) atoms. The van der Waals surface area contributed by atoms with Crippen LogP contribution in [0.15, 0.2) is 47.5 Å². The number of hydrogen-bond donors (Lipinski definition) is 2. The van der Waals surface area contributed by atoms with Crippen LogP contribution in [0.5, 0.6) is 11.5 Å². The zero-order valence-electron chi connectivity index (χ0n) is 25.8. The van der Waals surface area contributed by atoms with Crippen LogP contribution in [0.1, 0.15) is 77.2 Å². The van der Waals surface area contributed by atoms with Crippen molar-refractivity contribution in [2.45, 2.75) is 66.9 Å². The molecule has 0 heterocycles. The van der Waals surface area contributed by atoms with Gasteiger partial charge in [0.25, 0.3) is 0 Å². The van der Waals surface area contributed by atoms with Crippen molar-refractivity contribution in [1.82, 2.24) is 0 Å². The summed E-state index contributed by atoms with van der Waals surface area (Å²) in [4.78, 5) is 56.1. The Hall–Kier alpha value is -3.58. The van der Waals surface area contributed by atoms with Crippen molar-refractivity contribution in [2.24, 2.45) is 34.5 Å². The molecule has 2 N–H and O–H groups in total. The number of hydrogen-bond acceptors (Lipinski definition) is 7. The van der Waals surface area contributed by atoms with E-state index in [1.54, 1.807) is 51.3 Å². The molecule has 0 spiro atoms. The summed E-state index contributed by atoms with van der Waals surface area (Å²) in [7, 11) is 1.56. The molecule has 2 aromatic rings. The minimum Gasteiger partial charge on any atom is -0.507 e. The first-order chi connectivity index (χ1) is 19.5. The number of ketones is 4. The number of aliphatic hydroxyl groups is 1. The average molecular weight is 573 g/mol. The Balaban J connectivity index is 1.77. The predicted molar refractivity (Wildman–Crippen MR) is 158 cm³/mol. The van der Waals surface area contributed by atoms with Crippen molar-refractivity contribution in [3.05, 3.63) is 58.7 Å². The topological polar surface area (TPSA) is 118 Å². The maximum absolute atomic E-state index is 14.7. The van der Waals surface area contributed by atoms with Crippen LogP contribution in [0.25, 0.3) is 11.1 Å². The van der Waals surface area contributed by atoms with Crippen LogP contribution in [-0.2, 0) is 14.4 Å². The molecule has 0 aliphatic heterocycles. The van der Waals surface area contributed by atoms with E-state index >= 15 is 0 Å². The predicted octanol–water partition coefficient (Wildman–Crippen LogP) is 5.71. The van der Waals surface area contributed by atoms with E-state index in [1.807, 2.05) is 40.7 Å². The summed E-state index contributed by atoms with van der Waals surface area (Å²) in [5.74, 6) is -5.40. The van der Waals surface area contributed by atoms with Gasteiger partial charge in [0.15, 0.2) is 23.0 Å². The Labute approximate surface area is 247 Å². The number of methoxy groups -OCH3 is 1. The number of carbonyl (C=O) groups excluding carboxylic acids is 4. The molecule has 0 bridgehead atoms. The van der Waals surface area contributed by atoms with Gasteiger partial charge in [-0.15, -0.1) is 0 Å². The molecule has 2 aromatic carbocycles. The monoisotopic (exact) mass is 572 g/mol. The van der Waals surface area contributed by atoms with E-state index in [-0.39, 0.29) is 28.7 Å². The molecular formula is C35H40O7. The van der Waals surface area contributed by atoms with Crippen molar-refractivity contribution < 1.29 is 34.1 Å². The highest BCUT2D eigenvalue weighted by Crippen LogP contribution is 2.69. The van der Waals surface area contributed by atoms with Gasteiger partial charge in [-0.05, 0) is 66.2 Å². The standard InChI is InChI=1S/C35H40O7/c1-16(2)27-17(3)25(19(5)36)31(39)35(41)32(40)28-30(38)26-23(18(4)33(28,7)20(6)34(27,35)8)14-15-24(29(26)37)21-10-12-22(42-9)13-11-21/h10-16,18,20,27-28,37,41H,1-9H3/t18-,20-,27+,28?,33-,34-,35+/m0/s1. The van der Waals surface area contributed by atoms with E-state index < -0.39 is 57.3 Å². The zero-order valence-corrected chi connectivity index (χ0v) is 25.8. The first-order valence-corrected chi connectivity index (χ1v) is 14.6. The van der Waals surface area contributed by atoms with E-state index in [9.17, 15) is 29.4 Å². The highest BCUT2D eigenvalue weighted by molar-refractivity contribution is 6.33. The molecule has 3 aliphatic rings. The second-order valence-electron chi connectivity index (χ2n) is 13.3. The van der Waals surface area contributed by atoms with E-state index in [2.05, 4.69) is 0 Å². The zero-order chi connectivity index (χ0) is 31.3. The number of carbonyl (C=O) groups is 4. The number of Topliss-reactive ketones (excluding diaryl/α,β-unsaturated/α-hetero) is 4. The molecule has 1 fully saturated rings. The van der Waals surface area contributed by atoms with Crippen molar-refractivity contribution in [3.63, 3.8) is 0 Å². The fraction of sp³-hybridized carbons (Fsp3) is 0.486. The lowest BCUT2D eigenvalue weighted by molar-refractivity contribution is -0.211. The van der Waals surface area contributed by atoms with Gasteiger partial charge in [-0.1, -0.05) is 71.4 Å². The largest absolute Gasteiger partial charge is 0.507 e. The summed E-state index contributed by atoms with van der Waals surface area (Å²) in [5, 5.41) is 24.0. The van der Waals surface area contributed by atoms with E-state index in [4.69, 9.17) is 4.74 Å². The van der Waals surface area contributed by atoms with Gasteiger partial charge in [0.2, 0.25) is 5.78 Å². The Bertz CT molecular complexity index is 1580. The number of allylic oxidation sites excluding steroid dienone is 1. The van der Waals surface area contributed by atoms with Crippen LogP contribution >= 0.6 is 0 Å². The maximum Gasteiger partial charge on any atom is 0.206 e. The van der Waals surface area contributed by atoms with E-state index in [1.165, 1.54) is 6.92 Å². The molecular weight excluding hydrogens is 532 g/mol. The molecule has 0 saturated heterocycles. The summed E-state index contributed by atoms with van der Waals surface area (Å²) in [6.07, 6.45) is 0. The summed E-state index contributed by atoms with van der Waals surface area (Å²) >= 11 is 0. The third-order valence-electron chi connectivity index (χ3n) is 11.5. The lowest BCUT2D eigenvalue weighted by Gasteiger charge is -2.66.